The number of aliphatic hydroxyl groups excluding tert-OH is 1. The highest BCUT2D eigenvalue weighted by molar-refractivity contribution is 5.87. The van der Waals surface area contributed by atoms with Gasteiger partial charge in [0.15, 0.2) is 0 Å². The highest BCUT2D eigenvalue weighted by atomic mass is 16.2. The lowest BCUT2D eigenvalue weighted by Gasteiger charge is -1.96. The summed E-state index contributed by atoms with van der Waals surface area (Å²) < 4.78 is 0. The van der Waals surface area contributed by atoms with E-state index in [0.717, 1.165) is 6.42 Å². The Labute approximate surface area is 67.1 Å². The van der Waals surface area contributed by atoms with E-state index in [4.69, 9.17) is 5.11 Å². The molecule has 0 saturated carbocycles. The number of carbonyl (C=O) groups excluding carboxylic acids is 1. The maximum atomic E-state index is 10.8. The molecule has 2 N–H and O–H groups in total. The van der Waals surface area contributed by atoms with Crippen LogP contribution in [0, 0.1) is 0 Å². The normalized spacial score (nSPS) is 10.4. The molecular formula is C8H15NO2. The first-order valence-corrected chi connectivity index (χ1v) is 3.86. The molecule has 0 bridgehead atoms. The number of rotatable bonds is 5. The Kier molecular flexibility index (Phi) is 6.73. The molecule has 0 aliphatic carbocycles. The molecule has 0 aliphatic heterocycles. The number of hydrogen-bond acceptors (Lipinski definition) is 2. The molecule has 3 nitrogen and oxygen atoms in total. The minimum atomic E-state index is -0.0831. The summed E-state index contributed by atoms with van der Waals surface area (Å²) in [4.78, 5) is 10.8. The second-order valence-electron chi connectivity index (χ2n) is 2.21. The zero-order valence-electron chi connectivity index (χ0n) is 6.84. The molecule has 0 fully saturated rings. The van der Waals surface area contributed by atoms with E-state index in [1.807, 2.05) is 6.92 Å². The largest absolute Gasteiger partial charge is 0.396 e. The van der Waals surface area contributed by atoms with Crippen molar-refractivity contribution < 1.29 is 9.90 Å². The van der Waals surface area contributed by atoms with Crippen LogP contribution < -0.4 is 5.32 Å². The smallest absolute Gasteiger partial charge is 0.243 e. The van der Waals surface area contributed by atoms with Gasteiger partial charge in [0, 0.05) is 13.2 Å². The van der Waals surface area contributed by atoms with Crippen LogP contribution in [0.15, 0.2) is 12.2 Å². The SMILES string of the molecule is CCCNC(=O)/C=C\CCO. The van der Waals surface area contributed by atoms with Crippen molar-refractivity contribution in [3.05, 3.63) is 12.2 Å². The van der Waals surface area contributed by atoms with Crippen LogP contribution >= 0.6 is 0 Å². The van der Waals surface area contributed by atoms with Gasteiger partial charge in [0.25, 0.3) is 0 Å². The fourth-order valence-corrected chi connectivity index (χ4v) is 0.572. The molecule has 0 rings (SSSR count). The van der Waals surface area contributed by atoms with Crippen molar-refractivity contribution in [2.24, 2.45) is 0 Å². The summed E-state index contributed by atoms with van der Waals surface area (Å²) in [5, 5.41) is 11.1. The Morgan fingerprint density at radius 1 is 1.64 bits per heavy atom. The van der Waals surface area contributed by atoms with E-state index in [9.17, 15) is 4.79 Å². The van der Waals surface area contributed by atoms with Gasteiger partial charge in [0.05, 0.1) is 0 Å². The van der Waals surface area contributed by atoms with Crippen molar-refractivity contribution in [3.8, 4) is 0 Å². The van der Waals surface area contributed by atoms with Crippen molar-refractivity contribution in [2.75, 3.05) is 13.2 Å². The molecule has 0 aromatic heterocycles. The second-order valence-corrected chi connectivity index (χ2v) is 2.21. The molecule has 0 radical (unpaired) electrons. The average Bonchev–Trinajstić information content (AvgIpc) is 2.01. The number of carbonyl (C=O) groups is 1. The average molecular weight is 157 g/mol. The molecule has 0 saturated heterocycles. The van der Waals surface area contributed by atoms with Crippen LogP contribution in [0.5, 0.6) is 0 Å². The maximum Gasteiger partial charge on any atom is 0.243 e. The van der Waals surface area contributed by atoms with Crippen LogP contribution in [0.1, 0.15) is 19.8 Å². The monoisotopic (exact) mass is 157 g/mol. The molecule has 64 valence electrons. The highest BCUT2D eigenvalue weighted by Gasteiger charge is 1.89. The van der Waals surface area contributed by atoms with Crippen LogP contribution in [0.3, 0.4) is 0 Å². The van der Waals surface area contributed by atoms with Gasteiger partial charge in [-0.2, -0.15) is 0 Å². The first-order chi connectivity index (χ1) is 5.31. The number of nitrogens with one attached hydrogen (secondary N) is 1. The van der Waals surface area contributed by atoms with Gasteiger partial charge < -0.3 is 10.4 Å². The van der Waals surface area contributed by atoms with E-state index in [2.05, 4.69) is 5.32 Å². The lowest BCUT2D eigenvalue weighted by molar-refractivity contribution is -0.116. The van der Waals surface area contributed by atoms with E-state index >= 15 is 0 Å². The molecule has 0 heterocycles. The summed E-state index contributed by atoms with van der Waals surface area (Å²) in [6.07, 6.45) is 4.59. The van der Waals surface area contributed by atoms with E-state index in [1.165, 1.54) is 6.08 Å². The summed E-state index contributed by atoms with van der Waals surface area (Å²) in [6.45, 7) is 2.80. The quantitative estimate of drug-likeness (QED) is 0.569. The second kappa shape index (κ2) is 7.28. The molecule has 0 aromatic carbocycles. The van der Waals surface area contributed by atoms with Crippen LogP contribution in [-0.2, 0) is 4.79 Å². The fraction of sp³-hybridized carbons (Fsp3) is 0.625. The van der Waals surface area contributed by atoms with Gasteiger partial charge in [-0.05, 0) is 18.9 Å². The third-order valence-corrected chi connectivity index (χ3v) is 1.11. The van der Waals surface area contributed by atoms with Crippen LogP contribution in [-0.4, -0.2) is 24.2 Å². The molecule has 0 unspecified atom stereocenters. The summed E-state index contributed by atoms with van der Waals surface area (Å²) in [6, 6.07) is 0. The molecule has 0 atom stereocenters. The predicted molar refractivity (Wildman–Crippen MR) is 44.1 cm³/mol. The van der Waals surface area contributed by atoms with Gasteiger partial charge in [-0.15, -0.1) is 0 Å². The minimum Gasteiger partial charge on any atom is -0.396 e. The first-order valence-electron chi connectivity index (χ1n) is 3.86. The first kappa shape index (κ1) is 10.2. The maximum absolute atomic E-state index is 10.8. The topological polar surface area (TPSA) is 49.3 Å². The van der Waals surface area contributed by atoms with E-state index in [-0.39, 0.29) is 12.5 Å². The summed E-state index contributed by atoms with van der Waals surface area (Å²) in [5.74, 6) is -0.0831. The zero-order chi connectivity index (χ0) is 8.53. The molecule has 0 aliphatic rings. The molecule has 0 aromatic rings. The Balaban J connectivity index is 3.35. The Hall–Kier alpha value is -0.830. The lowest BCUT2D eigenvalue weighted by Crippen LogP contribution is -2.21. The van der Waals surface area contributed by atoms with E-state index in [1.54, 1.807) is 6.08 Å². The third kappa shape index (κ3) is 7.06. The van der Waals surface area contributed by atoms with Crippen molar-refractivity contribution in [3.63, 3.8) is 0 Å². The standard InChI is InChI=1S/C8H15NO2/c1-2-6-9-8(11)5-3-4-7-10/h3,5,10H,2,4,6-7H2,1H3,(H,9,11)/b5-3-. The lowest BCUT2D eigenvalue weighted by atomic mass is 10.4. The molecule has 3 heteroatoms. The van der Waals surface area contributed by atoms with Crippen molar-refractivity contribution in [1.82, 2.24) is 5.32 Å². The van der Waals surface area contributed by atoms with E-state index < -0.39 is 0 Å². The van der Waals surface area contributed by atoms with Crippen LogP contribution in [0.4, 0.5) is 0 Å². The number of hydrogen-bond donors (Lipinski definition) is 2. The number of aliphatic hydroxyl groups is 1. The fourth-order valence-electron chi connectivity index (χ4n) is 0.572. The summed E-state index contributed by atoms with van der Waals surface area (Å²) in [7, 11) is 0. The van der Waals surface area contributed by atoms with Gasteiger partial charge in [0.1, 0.15) is 0 Å². The molecule has 0 spiro atoms. The van der Waals surface area contributed by atoms with Crippen molar-refractivity contribution in [2.45, 2.75) is 19.8 Å². The Bertz CT molecular complexity index is 132. The van der Waals surface area contributed by atoms with Crippen LogP contribution in [0.2, 0.25) is 0 Å². The minimum absolute atomic E-state index is 0.0831. The number of amides is 1. The zero-order valence-corrected chi connectivity index (χ0v) is 6.84. The van der Waals surface area contributed by atoms with Gasteiger partial charge >= 0.3 is 0 Å². The van der Waals surface area contributed by atoms with Crippen molar-refractivity contribution >= 4 is 5.91 Å². The van der Waals surface area contributed by atoms with Crippen molar-refractivity contribution in [1.29, 1.82) is 0 Å². The molecular weight excluding hydrogens is 142 g/mol. The van der Waals surface area contributed by atoms with Gasteiger partial charge in [0.2, 0.25) is 5.91 Å². The summed E-state index contributed by atoms with van der Waals surface area (Å²) in [5.41, 5.74) is 0. The Morgan fingerprint density at radius 3 is 2.91 bits per heavy atom. The molecule has 1 amide bonds. The molecule has 11 heavy (non-hydrogen) atoms. The van der Waals surface area contributed by atoms with Crippen LogP contribution in [0.25, 0.3) is 0 Å². The van der Waals surface area contributed by atoms with E-state index in [0.29, 0.717) is 13.0 Å². The van der Waals surface area contributed by atoms with Gasteiger partial charge in [-0.1, -0.05) is 13.0 Å². The van der Waals surface area contributed by atoms with Gasteiger partial charge in [-0.25, -0.2) is 0 Å². The third-order valence-electron chi connectivity index (χ3n) is 1.11. The highest BCUT2D eigenvalue weighted by Crippen LogP contribution is 1.80. The Morgan fingerprint density at radius 2 is 2.36 bits per heavy atom. The van der Waals surface area contributed by atoms with Gasteiger partial charge in [-0.3, -0.25) is 4.79 Å². The predicted octanol–water partition coefficient (Wildman–Crippen LogP) is 0.451. The summed E-state index contributed by atoms with van der Waals surface area (Å²) >= 11 is 0.